The van der Waals surface area contributed by atoms with Gasteiger partial charge in [-0.1, -0.05) is 23.2 Å². The predicted molar refractivity (Wildman–Crippen MR) is 134 cm³/mol. The number of halogens is 5. The maximum Gasteiger partial charge on any atom is 0.433 e. The highest BCUT2D eigenvalue weighted by atomic mass is 35.5. The molecule has 2 fully saturated rings. The average Bonchev–Trinajstić information content (AvgIpc) is 3.51. The number of pyridine rings is 1. The van der Waals surface area contributed by atoms with Gasteiger partial charge in [0.2, 0.25) is 5.95 Å². The molecule has 202 valence electrons. The minimum atomic E-state index is -4.56. The van der Waals surface area contributed by atoms with Crippen LogP contribution in [0.4, 0.5) is 24.9 Å². The molecule has 5 aromatic heterocycles. The number of hydrogen-bond acceptors (Lipinski definition) is 8. The first-order valence-electron chi connectivity index (χ1n) is 11.8. The molecule has 1 N–H and O–H groups in total. The van der Waals surface area contributed by atoms with E-state index in [1.165, 1.54) is 23.1 Å². The fourth-order valence-corrected chi connectivity index (χ4v) is 5.70. The van der Waals surface area contributed by atoms with Crippen molar-refractivity contribution in [2.45, 2.75) is 25.1 Å². The highest BCUT2D eigenvalue weighted by molar-refractivity contribution is 6.36. The van der Waals surface area contributed by atoms with E-state index in [9.17, 15) is 13.2 Å². The minimum absolute atomic E-state index is 0.00707. The maximum absolute atomic E-state index is 13.8. The number of nitrogens with one attached hydrogen (secondary N) is 1. The molecule has 1 aliphatic carbocycles. The third kappa shape index (κ3) is 3.88. The van der Waals surface area contributed by atoms with Gasteiger partial charge in [0.05, 0.1) is 31.6 Å². The predicted octanol–water partition coefficient (Wildman–Crippen LogP) is 5.42. The third-order valence-corrected chi connectivity index (χ3v) is 7.79. The van der Waals surface area contributed by atoms with Gasteiger partial charge in [0, 0.05) is 30.9 Å². The van der Waals surface area contributed by atoms with Gasteiger partial charge in [0.15, 0.2) is 28.1 Å². The second kappa shape index (κ2) is 8.44. The normalized spacial score (nSPS) is 17.1. The summed E-state index contributed by atoms with van der Waals surface area (Å²) in [6.07, 6.45) is 2.61. The van der Waals surface area contributed by atoms with E-state index < -0.39 is 11.9 Å². The summed E-state index contributed by atoms with van der Waals surface area (Å²) in [6, 6.07) is 0.634. The van der Waals surface area contributed by atoms with E-state index in [4.69, 9.17) is 32.7 Å². The Bertz CT molecular complexity index is 1750. The van der Waals surface area contributed by atoms with Crippen LogP contribution in [0.2, 0.25) is 10.2 Å². The third-order valence-electron chi connectivity index (χ3n) is 7.14. The Morgan fingerprint density at radius 3 is 2.64 bits per heavy atom. The van der Waals surface area contributed by atoms with E-state index in [0.29, 0.717) is 42.8 Å². The summed E-state index contributed by atoms with van der Waals surface area (Å²) in [6.45, 7) is 1.16. The van der Waals surface area contributed by atoms with Crippen LogP contribution in [0.5, 0.6) is 11.5 Å². The molecule has 0 aromatic carbocycles. The van der Waals surface area contributed by atoms with Gasteiger partial charge in [-0.05, 0) is 12.8 Å². The molecule has 0 amide bonds. The first kappa shape index (κ1) is 24.4. The SMILES string of the molecule is Cn1c(Nc2cc(C(F)(F)F)n(C3CC4(COC4)C3)n2)nc2ncc(Oc3cnn4ccnc(Cl)c34)c(Cl)c21. The van der Waals surface area contributed by atoms with Gasteiger partial charge in [-0.25, -0.2) is 14.5 Å². The lowest BCUT2D eigenvalue weighted by Gasteiger charge is -2.53. The number of hydrogen-bond donors (Lipinski definition) is 1. The zero-order valence-corrected chi connectivity index (χ0v) is 21.6. The minimum Gasteiger partial charge on any atom is -0.450 e. The number of nitrogens with zero attached hydrogens (tertiary/aromatic N) is 8. The smallest absolute Gasteiger partial charge is 0.433 e. The van der Waals surface area contributed by atoms with E-state index in [2.05, 4.69) is 30.5 Å². The zero-order chi connectivity index (χ0) is 27.1. The van der Waals surface area contributed by atoms with E-state index in [0.717, 1.165) is 10.7 Å². The van der Waals surface area contributed by atoms with Crippen molar-refractivity contribution in [1.82, 2.24) is 38.9 Å². The van der Waals surface area contributed by atoms with Crippen LogP contribution in [0.15, 0.2) is 30.9 Å². The van der Waals surface area contributed by atoms with Crippen LogP contribution < -0.4 is 10.1 Å². The summed E-state index contributed by atoms with van der Waals surface area (Å²) in [5.41, 5.74) is 0.271. The fraction of sp³-hybridized carbons (Fsp3) is 0.348. The van der Waals surface area contributed by atoms with Gasteiger partial charge in [-0.15, -0.1) is 0 Å². The number of ether oxygens (including phenoxy) is 2. The molecule has 1 saturated carbocycles. The fourth-order valence-electron chi connectivity index (χ4n) is 5.17. The summed E-state index contributed by atoms with van der Waals surface area (Å²) >= 11 is 12.9. The summed E-state index contributed by atoms with van der Waals surface area (Å²) < 4.78 is 56.8. The van der Waals surface area contributed by atoms with Crippen LogP contribution in [0.25, 0.3) is 16.7 Å². The van der Waals surface area contributed by atoms with Crippen LogP contribution in [-0.2, 0) is 18.0 Å². The number of aryl methyl sites for hydroxylation is 1. The van der Waals surface area contributed by atoms with Crippen molar-refractivity contribution in [3.8, 4) is 11.5 Å². The second-order valence-electron chi connectivity index (χ2n) is 9.76. The Labute approximate surface area is 227 Å². The van der Waals surface area contributed by atoms with Gasteiger partial charge < -0.3 is 19.4 Å². The molecular weight excluding hydrogens is 562 g/mol. The van der Waals surface area contributed by atoms with Crippen molar-refractivity contribution in [2.75, 3.05) is 18.5 Å². The first-order chi connectivity index (χ1) is 18.6. The summed E-state index contributed by atoms with van der Waals surface area (Å²) in [5.74, 6) is 0.729. The van der Waals surface area contributed by atoms with Crippen LogP contribution in [0.3, 0.4) is 0 Å². The van der Waals surface area contributed by atoms with E-state index in [1.54, 1.807) is 17.8 Å². The Morgan fingerprint density at radius 2 is 1.92 bits per heavy atom. The molecule has 2 aliphatic rings. The lowest BCUT2D eigenvalue weighted by Crippen LogP contribution is -2.53. The number of aromatic nitrogens is 8. The molecule has 1 aliphatic heterocycles. The lowest BCUT2D eigenvalue weighted by atomic mass is 9.64. The maximum atomic E-state index is 13.8. The van der Waals surface area contributed by atoms with Crippen molar-refractivity contribution in [1.29, 1.82) is 0 Å². The van der Waals surface area contributed by atoms with Gasteiger partial charge in [-0.3, -0.25) is 4.68 Å². The summed E-state index contributed by atoms with van der Waals surface area (Å²) in [5, 5.41) is 11.7. The lowest BCUT2D eigenvalue weighted by molar-refractivity contribution is -0.182. The standard InChI is InChI=1S/C23H18Cl2F3N9O2/c1-35-18-16(24)12(39-13-8-31-36-3-2-29-19(25)17(13)36)7-30-20(18)33-21(35)32-15-4-14(23(26,27)28)37(34-15)11-5-22(6-11)9-38-10-22/h2-4,7-8,11H,5-6,9-10H2,1H3,(H,30,32,33,34). The zero-order valence-electron chi connectivity index (χ0n) is 20.1. The van der Waals surface area contributed by atoms with Crippen molar-refractivity contribution in [3.05, 3.63) is 46.7 Å². The molecule has 0 atom stereocenters. The van der Waals surface area contributed by atoms with E-state index in [-0.39, 0.29) is 44.8 Å². The van der Waals surface area contributed by atoms with Crippen molar-refractivity contribution in [2.24, 2.45) is 12.5 Å². The van der Waals surface area contributed by atoms with Crippen LogP contribution >= 0.6 is 23.2 Å². The molecule has 39 heavy (non-hydrogen) atoms. The number of alkyl halides is 3. The molecule has 0 bridgehead atoms. The van der Waals surface area contributed by atoms with E-state index >= 15 is 0 Å². The first-order valence-corrected chi connectivity index (χ1v) is 12.6. The Kier molecular flexibility index (Phi) is 5.28. The molecule has 16 heteroatoms. The molecule has 11 nitrogen and oxygen atoms in total. The van der Waals surface area contributed by atoms with Crippen LogP contribution in [0, 0.1) is 5.41 Å². The van der Waals surface area contributed by atoms with Crippen LogP contribution in [0.1, 0.15) is 24.6 Å². The molecule has 0 radical (unpaired) electrons. The monoisotopic (exact) mass is 579 g/mol. The molecular formula is C23H18Cl2F3N9O2. The van der Waals surface area contributed by atoms with Gasteiger partial charge in [0.25, 0.3) is 0 Å². The quantitative estimate of drug-likeness (QED) is 0.294. The molecule has 5 aromatic rings. The van der Waals surface area contributed by atoms with Crippen molar-refractivity contribution >= 4 is 51.6 Å². The highest BCUT2D eigenvalue weighted by Gasteiger charge is 2.52. The molecule has 6 heterocycles. The average molecular weight is 580 g/mol. The van der Waals surface area contributed by atoms with Gasteiger partial charge in [0.1, 0.15) is 21.7 Å². The van der Waals surface area contributed by atoms with Crippen molar-refractivity contribution < 1.29 is 22.6 Å². The number of fused-ring (bicyclic) bond motifs is 2. The van der Waals surface area contributed by atoms with Gasteiger partial charge >= 0.3 is 6.18 Å². The van der Waals surface area contributed by atoms with Crippen molar-refractivity contribution in [3.63, 3.8) is 0 Å². The van der Waals surface area contributed by atoms with E-state index in [1.807, 2.05) is 0 Å². The molecule has 0 unspecified atom stereocenters. The Morgan fingerprint density at radius 1 is 1.13 bits per heavy atom. The number of rotatable bonds is 5. The molecule has 1 saturated heterocycles. The van der Waals surface area contributed by atoms with Crippen LogP contribution in [-0.4, -0.2) is 52.1 Å². The highest BCUT2D eigenvalue weighted by Crippen LogP contribution is 2.54. The van der Waals surface area contributed by atoms with Gasteiger partial charge in [-0.2, -0.15) is 28.4 Å². The summed E-state index contributed by atoms with van der Waals surface area (Å²) in [7, 11) is 1.65. The second-order valence-corrected chi connectivity index (χ2v) is 10.5. The Hall–Kier alpha value is -3.62. The number of imidazole rings is 1. The summed E-state index contributed by atoms with van der Waals surface area (Å²) in [4.78, 5) is 12.8. The molecule has 1 spiro atoms. The largest absolute Gasteiger partial charge is 0.450 e. The topological polar surface area (TPSA) is 109 Å². The number of anilines is 2. The Balaban J connectivity index is 1.20. The molecule has 7 rings (SSSR count).